The highest BCUT2D eigenvalue weighted by molar-refractivity contribution is 5.64. The molecule has 0 aromatic heterocycles. The maximum Gasteiger partial charge on any atom is 0.257 e. The van der Waals surface area contributed by atoms with Crippen LogP contribution in [0.3, 0.4) is 0 Å². The first-order valence-electron chi connectivity index (χ1n) is 5.88. The Morgan fingerprint density at radius 1 is 1.11 bits per heavy atom. The predicted molar refractivity (Wildman–Crippen MR) is 66.6 cm³/mol. The zero-order chi connectivity index (χ0) is 14.7. The topological polar surface area (TPSA) is 20.2 Å². The fourth-order valence-corrected chi connectivity index (χ4v) is 1.68. The van der Waals surface area contributed by atoms with Crippen LogP contribution in [0.15, 0.2) is 30.8 Å². The lowest BCUT2D eigenvalue weighted by Gasteiger charge is -2.23. The number of allylic oxidation sites excluding steroid dienone is 1. The molecule has 0 amide bonds. The summed E-state index contributed by atoms with van der Waals surface area (Å²) in [6, 6.07) is 5.51. The van der Waals surface area contributed by atoms with Crippen LogP contribution in [-0.2, 0) is 0 Å². The third kappa shape index (κ3) is 4.93. The first kappa shape index (κ1) is 15.5. The van der Waals surface area contributed by atoms with Crippen LogP contribution in [0.5, 0.6) is 5.75 Å². The Morgan fingerprint density at radius 3 is 2.11 bits per heavy atom. The number of hydrogen-bond acceptors (Lipinski definition) is 1. The maximum atomic E-state index is 13.5. The van der Waals surface area contributed by atoms with Crippen molar-refractivity contribution in [3.05, 3.63) is 36.4 Å². The molecule has 1 rings (SSSR count). The number of phenols is 1. The van der Waals surface area contributed by atoms with Crippen molar-refractivity contribution in [2.45, 2.75) is 38.0 Å². The third-order valence-electron chi connectivity index (χ3n) is 2.78. The average Bonchev–Trinajstić information content (AvgIpc) is 2.27. The van der Waals surface area contributed by atoms with E-state index in [0.717, 1.165) is 0 Å². The summed E-state index contributed by atoms with van der Waals surface area (Å²) in [6.07, 6.45) is -2.92. The van der Waals surface area contributed by atoms with E-state index in [-0.39, 0.29) is 11.3 Å². The molecule has 1 aromatic rings. The number of alkyl halides is 4. The third-order valence-corrected chi connectivity index (χ3v) is 2.78. The second-order valence-corrected chi connectivity index (χ2v) is 4.57. The van der Waals surface area contributed by atoms with Gasteiger partial charge in [0.15, 0.2) is 0 Å². The van der Waals surface area contributed by atoms with Gasteiger partial charge in [0.05, 0.1) is 6.42 Å². The summed E-state index contributed by atoms with van der Waals surface area (Å²) in [7, 11) is 0. The first-order chi connectivity index (χ1) is 8.65. The van der Waals surface area contributed by atoms with Crippen LogP contribution in [0.2, 0.25) is 0 Å². The lowest BCUT2D eigenvalue weighted by Crippen LogP contribution is -2.28. The molecule has 0 fully saturated rings. The molecule has 0 aliphatic heterocycles. The van der Waals surface area contributed by atoms with Crippen LogP contribution >= 0.6 is 0 Å². The van der Waals surface area contributed by atoms with E-state index in [1.54, 1.807) is 0 Å². The highest BCUT2D eigenvalue weighted by atomic mass is 19.3. The van der Waals surface area contributed by atoms with Gasteiger partial charge in [-0.25, -0.2) is 17.6 Å². The van der Waals surface area contributed by atoms with Crippen molar-refractivity contribution in [3.63, 3.8) is 0 Å². The molecule has 0 radical (unpaired) electrons. The summed E-state index contributed by atoms with van der Waals surface area (Å²) >= 11 is 0. The molecule has 1 N–H and O–H groups in total. The number of phenolic OH excluding ortho intramolecular Hbond substituents is 1. The molecule has 0 aliphatic rings. The molecule has 19 heavy (non-hydrogen) atoms. The number of benzene rings is 1. The fourth-order valence-electron chi connectivity index (χ4n) is 1.68. The van der Waals surface area contributed by atoms with Gasteiger partial charge in [-0.05, 0) is 23.3 Å². The Hall–Kier alpha value is -1.52. The molecule has 5 heteroatoms. The van der Waals surface area contributed by atoms with Crippen LogP contribution in [0, 0.1) is 0 Å². The van der Waals surface area contributed by atoms with E-state index in [2.05, 4.69) is 6.58 Å². The second kappa shape index (κ2) is 5.63. The second-order valence-electron chi connectivity index (χ2n) is 4.57. The van der Waals surface area contributed by atoms with Crippen LogP contribution in [0.4, 0.5) is 17.6 Å². The number of halogens is 4. The van der Waals surface area contributed by atoms with E-state index in [0.29, 0.717) is 5.56 Å². The van der Waals surface area contributed by atoms with Crippen molar-refractivity contribution in [3.8, 4) is 5.75 Å². The Bertz CT molecular complexity index is 437. The Balaban J connectivity index is 2.72. The summed E-state index contributed by atoms with van der Waals surface area (Å²) in [4.78, 5) is 0. The van der Waals surface area contributed by atoms with E-state index in [1.165, 1.54) is 31.2 Å². The largest absolute Gasteiger partial charge is 0.508 e. The maximum absolute atomic E-state index is 13.5. The normalized spacial score (nSPS) is 12.5. The first-order valence-corrected chi connectivity index (χ1v) is 5.88. The molecule has 0 unspecified atom stereocenters. The van der Waals surface area contributed by atoms with Crippen LogP contribution < -0.4 is 0 Å². The van der Waals surface area contributed by atoms with Gasteiger partial charge >= 0.3 is 0 Å². The van der Waals surface area contributed by atoms with Gasteiger partial charge in [0.25, 0.3) is 11.8 Å². The molecule has 1 nitrogen and oxygen atoms in total. The molecule has 106 valence electrons. The summed E-state index contributed by atoms with van der Waals surface area (Å²) in [5.74, 6) is -6.88. The van der Waals surface area contributed by atoms with Crippen molar-refractivity contribution in [1.82, 2.24) is 0 Å². The summed E-state index contributed by atoms with van der Waals surface area (Å²) < 4.78 is 53.1. The molecular weight excluding hydrogens is 260 g/mol. The Morgan fingerprint density at radius 2 is 1.63 bits per heavy atom. The van der Waals surface area contributed by atoms with Crippen molar-refractivity contribution in [2.24, 2.45) is 0 Å². The number of hydrogen-bond donors (Lipinski definition) is 1. The monoisotopic (exact) mass is 276 g/mol. The van der Waals surface area contributed by atoms with E-state index in [4.69, 9.17) is 5.11 Å². The molecular formula is C14H16F4O. The predicted octanol–water partition coefficient (Wildman–Crippen LogP) is 4.87. The summed E-state index contributed by atoms with van der Waals surface area (Å²) in [6.45, 7) is 4.66. The molecule has 0 saturated heterocycles. The lowest BCUT2D eigenvalue weighted by atomic mass is 9.97. The standard InChI is InChI=1S/C14H16F4O/c1-3-13(15,16)9-14(17,18)8-10(2)11-4-6-12(19)7-5-11/h4-7,19H,2-3,8-9H2,1H3. The van der Waals surface area contributed by atoms with Crippen molar-refractivity contribution in [2.75, 3.05) is 0 Å². The van der Waals surface area contributed by atoms with E-state index in [1.807, 2.05) is 0 Å². The Kier molecular flexibility index (Phi) is 4.61. The molecule has 0 bridgehead atoms. The molecule has 1 aromatic carbocycles. The van der Waals surface area contributed by atoms with Crippen LogP contribution in [0.25, 0.3) is 5.57 Å². The summed E-state index contributed by atoms with van der Waals surface area (Å²) in [5, 5.41) is 9.08. The van der Waals surface area contributed by atoms with Gasteiger partial charge in [-0.15, -0.1) is 0 Å². The minimum Gasteiger partial charge on any atom is -0.508 e. The Labute approximate surface area is 109 Å². The van der Waals surface area contributed by atoms with Crippen LogP contribution in [-0.4, -0.2) is 17.0 Å². The quantitative estimate of drug-likeness (QED) is 0.735. The zero-order valence-corrected chi connectivity index (χ0v) is 10.6. The van der Waals surface area contributed by atoms with Gasteiger partial charge in [0.2, 0.25) is 0 Å². The van der Waals surface area contributed by atoms with Gasteiger partial charge in [-0.2, -0.15) is 0 Å². The van der Waals surface area contributed by atoms with E-state index < -0.39 is 31.1 Å². The van der Waals surface area contributed by atoms with Crippen molar-refractivity contribution in [1.29, 1.82) is 0 Å². The van der Waals surface area contributed by atoms with Crippen LogP contribution in [0.1, 0.15) is 31.7 Å². The molecule has 0 aliphatic carbocycles. The molecule has 0 heterocycles. The smallest absolute Gasteiger partial charge is 0.257 e. The average molecular weight is 276 g/mol. The molecule has 0 saturated carbocycles. The minimum absolute atomic E-state index is 0.000765. The lowest BCUT2D eigenvalue weighted by molar-refractivity contribution is -0.109. The van der Waals surface area contributed by atoms with Gasteiger partial charge in [0.1, 0.15) is 5.75 Å². The molecule has 0 spiro atoms. The fraction of sp³-hybridized carbons (Fsp3) is 0.429. The summed E-state index contributed by atoms with van der Waals surface area (Å²) in [5.41, 5.74) is 0.467. The SMILES string of the molecule is C=C(CC(F)(F)CC(F)(F)CC)c1ccc(O)cc1. The highest BCUT2D eigenvalue weighted by Crippen LogP contribution is 2.38. The van der Waals surface area contributed by atoms with Gasteiger partial charge in [-0.1, -0.05) is 25.6 Å². The zero-order valence-electron chi connectivity index (χ0n) is 10.6. The molecule has 0 atom stereocenters. The minimum atomic E-state index is -3.51. The van der Waals surface area contributed by atoms with E-state index >= 15 is 0 Å². The van der Waals surface area contributed by atoms with Gasteiger partial charge in [-0.3, -0.25) is 0 Å². The number of rotatable bonds is 6. The van der Waals surface area contributed by atoms with Crippen molar-refractivity contribution >= 4 is 5.57 Å². The van der Waals surface area contributed by atoms with Gasteiger partial charge in [0, 0.05) is 12.8 Å². The highest BCUT2D eigenvalue weighted by Gasteiger charge is 2.42. The van der Waals surface area contributed by atoms with Gasteiger partial charge < -0.3 is 5.11 Å². The van der Waals surface area contributed by atoms with Crippen molar-refractivity contribution < 1.29 is 22.7 Å². The number of aromatic hydroxyl groups is 1. The van der Waals surface area contributed by atoms with E-state index in [9.17, 15) is 17.6 Å².